The van der Waals surface area contributed by atoms with Crippen molar-refractivity contribution in [3.8, 4) is 0 Å². The fourth-order valence-corrected chi connectivity index (χ4v) is 1.50. The van der Waals surface area contributed by atoms with E-state index in [-0.39, 0.29) is 5.02 Å². The van der Waals surface area contributed by atoms with Gasteiger partial charge in [-0.25, -0.2) is 5.10 Å². The number of anilines is 1. The van der Waals surface area contributed by atoms with Crippen LogP contribution in [-0.2, 0) is 0 Å². The fourth-order valence-electron chi connectivity index (χ4n) is 1.36. The lowest BCUT2D eigenvalue weighted by Crippen LogP contribution is -2.10. The van der Waals surface area contributed by atoms with Gasteiger partial charge >= 0.3 is 0 Å². The third-order valence-corrected chi connectivity index (χ3v) is 2.75. The van der Waals surface area contributed by atoms with Crippen LogP contribution in [0.2, 0.25) is 5.02 Å². The highest BCUT2D eigenvalue weighted by Gasteiger charge is 2.02. The lowest BCUT2D eigenvalue weighted by Gasteiger charge is -2.01. The number of aryl methyl sites for hydroxylation is 1. The summed E-state index contributed by atoms with van der Waals surface area (Å²) in [5.74, 6) is 0. The highest BCUT2D eigenvalue weighted by molar-refractivity contribution is 6.32. The summed E-state index contributed by atoms with van der Waals surface area (Å²) in [6.07, 6.45) is 3.06. The molecule has 0 unspecified atom stereocenters. The molecule has 1 aromatic heterocycles. The highest BCUT2D eigenvalue weighted by atomic mass is 35.5. The Morgan fingerprint density at radius 1 is 1.44 bits per heavy atom. The number of aromatic nitrogens is 2. The van der Waals surface area contributed by atoms with Gasteiger partial charge in [-0.05, 0) is 18.1 Å². The summed E-state index contributed by atoms with van der Waals surface area (Å²) in [6, 6.07) is 7.81. The highest BCUT2D eigenvalue weighted by Crippen LogP contribution is 2.14. The van der Waals surface area contributed by atoms with Crippen LogP contribution >= 0.6 is 11.6 Å². The molecule has 18 heavy (non-hydrogen) atoms. The van der Waals surface area contributed by atoms with Gasteiger partial charge in [0.15, 0.2) is 0 Å². The Morgan fingerprint density at radius 2 is 2.22 bits per heavy atom. The zero-order chi connectivity index (χ0) is 13.0. The van der Waals surface area contributed by atoms with E-state index in [2.05, 4.69) is 20.7 Å². The molecule has 2 aromatic rings. The van der Waals surface area contributed by atoms with Crippen LogP contribution in [0.25, 0.3) is 0 Å². The smallest absolute Gasteiger partial charge is 0.275 e. The molecule has 6 heteroatoms. The number of hydrazone groups is 1. The van der Waals surface area contributed by atoms with Crippen molar-refractivity contribution in [2.75, 3.05) is 5.43 Å². The predicted molar refractivity (Wildman–Crippen MR) is 72.3 cm³/mol. The van der Waals surface area contributed by atoms with Gasteiger partial charge in [-0.15, -0.1) is 0 Å². The molecule has 2 N–H and O–H groups in total. The molecule has 92 valence electrons. The fraction of sp³-hybridized carbons (Fsp3) is 0.0833. The summed E-state index contributed by atoms with van der Waals surface area (Å²) >= 11 is 5.79. The van der Waals surface area contributed by atoms with E-state index in [1.807, 2.05) is 31.2 Å². The SMILES string of the molecule is Cc1ccccc1/C=N\Nc1cn[nH]c(=O)c1Cl. The Labute approximate surface area is 109 Å². The van der Waals surface area contributed by atoms with Crippen LogP contribution < -0.4 is 11.0 Å². The van der Waals surface area contributed by atoms with Crippen LogP contribution in [0.4, 0.5) is 5.69 Å². The second-order valence-corrected chi connectivity index (χ2v) is 4.03. The lowest BCUT2D eigenvalue weighted by atomic mass is 10.1. The average Bonchev–Trinajstić information content (AvgIpc) is 2.37. The molecule has 0 fully saturated rings. The van der Waals surface area contributed by atoms with Gasteiger partial charge < -0.3 is 0 Å². The molecular weight excluding hydrogens is 252 g/mol. The van der Waals surface area contributed by atoms with Crippen molar-refractivity contribution in [2.24, 2.45) is 5.10 Å². The summed E-state index contributed by atoms with van der Waals surface area (Å²) in [4.78, 5) is 11.2. The van der Waals surface area contributed by atoms with E-state index < -0.39 is 5.56 Å². The van der Waals surface area contributed by atoms with Crippen LogP contribution in [0.5, 0.6) is 0 Å². The van der Waals surface area contributed by atoms with E-state index in [4.69, 9.17) is 11.6 Å². The van der Waals surface area contributed by atoms with E-state index >= 15 is 0 Å². The van der Waals surface area contributed by atoms with Crippen molar-refractivity contribution in [1.82, 2.24) is 10.2 Å². The summed E-state index contributed by atoms with van der Waals surface area (Å²) in [6.45, 7) is 1.99. The molecule has 2 rings (SSSR count). The largest absolute Gasteiger partial charge is 0.285 e. The number of nitrogens with one attached hydrogen (secondary N) is 2. The minimum atomic E-state index is -0.451. The van der Waals surface area contributed by atoms with Gasteiger partial charge in [0.2, 0.25) is 0 Å². The normalized spacial score (nSPS) is 10.8. The number of hydrogen-bond donors (Lipinski definition) is 2. The Balaban J connectivity index is 2.15. The molecule has 0 saturated heterocycles. The van der Waals surface area contributed by atoms with Crippen LogP contribution in [-0.4, -0.2) is 16.4 Å². The molecule has 1 aromatic carbocycles. The first-order chi connectivity index (χ1) is 8.68. The third-order valence-electron chi connectivity index (χ3n) is 2.37. The second kappa shape index (κ2) is 5.46. The zero-order valence-electron chi connectivity index (χ0n) is 9.64. The summed E-state index contributed by atoms with van der Waals surface area (Å²) < 4.78 is 0. The van der Waals surface area contributed by atoms with Gasteiger partial charge in [-0.3, -0.25) is 10.2 Å². The Kier molecular flexibility index (Phi) is 3.74. The number of nitrogens with zero attached hydrogens (tertiary/aromatic N) is 2. The predicted octanol–water partition coefficient (Wildman–Crippen LogP) is 2.18. The molecule has 0 spiro atoms. The van der Waals surface area contributed by atoms with E-state index in [1.54, 1.807) is 6.21 Å². The van der Waals surface area contributed by atoms with Crippen molar-refractivity contribution >= 4 is 23.5 Å². The minimum absolute atomic E-state index is 0.0342. The molecule has 0 atom stereocenters. The molecule has 0 aliphatic rings. The van der Waals surface area contributed by atoms with Crippen LogP contribution in [0.1, 0.15) is 11.1 Å². The first kappa shape index (κ1) is 12.3. The molecule has 0 aliphatic carbocycles. The zero-order valence-corrected chi connectivity index (χ0v) is 10.4. The topological polar surface area (TPSA) is 70.1 Å². The van der Waals surface area contributed by atoms with E-state index in [1.165, 1.54) is 6.20 Å². The van der Waals surface area contributed by atoms with Gasteiger partial charge in [0.1, 0.15) is 10.7 Å². The molecular formula is C12H11ClN4O. The number of benzene rings is 1. The van der Waals surface area contributed by atoms with Crippen LogP contribution in [0.3, 0.4) is 0 Å². The molecule has 1 heterocycles. The van der Waals surface area contributed by atoms with Gasteiger partial charge in [0, 0.05) is 0 Å². The summed E-state index contributed by atoms with van der Waals surface area (Å²) in [5.41, 5.74) is 4.69. The third kappa shape index (κ3) is 2.75. The van der Waals surface area contributed by atoms with Crippen molar-refractivity contribution in [1.29, 1.82) is 0 Å². The maximum absolute atomic E-state index is 11.2. The van der Waals surface area contributed by atoms with Gasteiger partial charge in [0.25, 0.3) is 5.56 Å². The Hall–Kier alpha value is -2.14. The van der Waals surface area contributed by atoms with Crippen LogP contribution in [0.15, 0.2) is 40.4 Å². The molecule has 0 amide bonds. The van der Waals surface area contributed by atoms with Crippen LogP contribution in [0, 0.1) is 6.92 Å². The quantitative estimate of drug-likeness (QED) is 0.658. The standard InChI is InChI=1S/C12H11ClN4O/c1-8-4-2-3-5-9(8)6-14-16-10-7-15-17-12(18)11(10)13/h2-7H,1H3,(H2,16,17,18)/b14-6-. The Morgan fingerprint density at radius 3 is 3.00 bits per heavy atom. The van der Waals surface area contributed by atoms with Crippen molar-refractivity contribution in [3.63, 3.8) is 0 Å². The maximum Gasteiger partial charge on any atom is 0.285 e. The summed E-state index contributed by atoms with van der Waals surface area (Å²) in [5, 5.41) is 9.91. The minimum Gasteiger partial charge on any atom is -0.275 e. The monoisotopic (exact) mass is 262 g/mol. The van der Waals surface area contributed by atoms with E-state index in [0.29, 0.717) is 5.69 Å². The van der Waals surface area contributed by atoms with Crippen molar-refractivity contribution < 1.29 is 0 Å². The van der Waals surface area contributed by atoms with Gasteiger partial charge in [-0.2, -0.15) is 10.2 Å². The number of halogens is 1. The van der Waals surface area contributed by atoms with Crippen molar-refractivity contribution in [2.45, 2.75) is 6.92 Å². The molecule has 0 aliphatic heterocycles. The molecule has 5 nitrogen and oxygen atoms in total. The number of aromatic amines is 1. The van der Waals surface area contributed by atoms with Crippen molar-refractivity contribution in [3.05, 3.63) is 57.0 Å². The molecule has 0 bridgehead atoms. The van der Waals surface area contributed by atoms with E-state index in [0.717, 1.165) is 11.1 Å². The molecule has 0 saturated carbocycles. The first-order valence-corrected chi connectivity index (χ1v) is 5.64. The Bertz CT molecular complexity index is 636. The van der Waals surface area contributed by atoms with Gasteiger partial charge in [0.05, 0.1) is 12.4 Å². The summed E-state index contributed by atoms with van der Waals surface area (Å²) in [7, 11) is 0. The maximum atomic E-state index is 11.2. The number of H-pyrrole nitrogens is 1. The second-order valence-electron chi connectivity index (χ2n) is 3.65. The first-order valence-electron chi connectivity index (χ1n) is 5.26. The van der Waals surface area contributed by atoms with Gasteiger partial charge in [-0.1, -0.05) is 35.9 Å². The average molecular weight is 263 g/mol. The van der Waals surface area contributed by atoms with E-state index in [9.17, 15) is 4.79 Å². The molecule has 0 radical (unpaired) electrons. The number of hydrogen-bond acceptors (Lipinski definition) is 4. The number of rotatable bonds is 3. The lowest BCUT2D eigenvalue weighted by molar-refractivity contribution is 0.987.